The number of hydrogen-bond acceptors (Lipinski definition) is 4. The van der Waals surface area contributed by atoms with E-state index in [4.69, 9.17) is 5.11 Å². The number of aromatic nitrogens is 2. The molecule has 0 saturated carbocycles. The van der Waals surface area contributed by atoms with E-state index in [2.05, 4.69) is 24.3 Å². The standard InChI is InChI=1S/C14H27N3O2/c1-10(2)7-13(19)8-15-9-14-11(3)16-17(5-6-18)12(14)4/h10,13,15,18-19H,5-9H2,1-4H3. The molecule has 1 atom stereocenters. The van der Waals surface area contributed by atoms with Crippen LogP contribution in [-0.2, 0) is 13.1 Å². The van der Waals surface area contributed by atoms with E-state index in [1.807, 2.05) is 18.5 Å². The van der Waals surface area contributed by atoms with Crippen LogP contribution in [0.1, 0.15) is 37.2 Å². The second-order valence-electron chi connectivity index (χ2n) is 5.51. The molecule has 1 heterocycles. The van der Waals surface area contributed by atoms with Crippen LogP contribution in [0.15, 0.2) is 0 Å². The molecule has 0 aliphatic heterocycles. The lowest BCUT2D eigenvalue weighted by Crippen LogP contribution is -2.27. The summed E-state index contributed by atoms with van der Waals surface area (Å²) in [5, 5.41) is 26.5. The molecular formula is C14H27N3O2. The van der Waals surface area contributed by atoms with Gasteiger partial charge in [0.05, 0.1) is 24.9 Å². The normalized spacial score (nSPS) is 13.2. The third-order valence-electron chi connectivity index (χ3n) is 3.27. The van der Waals surface area contributed by atoms with Gasteiger partial charge in [0.25, 0.3) is 0 Å². The molecule has 3 N–H and O–H groups in total. The summed E-state index contributed by atoms with van der Waals surface area (Å²) in [6.07, 6.45) is 0.516. The van der Waals surface area contributed by atoms with Crippen LogP contribution in [0.3, 0.4) is 0 Å². The Balaban J connectivity index is 2.49. The number of nitrogens with zero attached hydrogens (tertiary/aromatic N) is 2. The molecule has 1 aromatic heterocycles. The number of rotatable bonds is 8. The molecule has 0 aromatic carbocycles. The Bertz CT molecular complexity index is 388. The molecule has 19 heavy (non-hydrogen) atoms. The largest absolute Gasteiger partial charge is 0.394 e. The molecule has 0 radical (unpaired) electrons. The van der Waals surface area contributed by atoms with Crippen molar-refractivity contribution in [3.63, 3.8) is 0 Å². The highest BCUT2D eigenvalue weighted by molar-refractivity contribution is 5.24. The minimum atomic E-state index is -0.298. The second kappa shape index (κ2) is 7.62. The van der Waals surface area contributed by atoms with Gasteiger partial charge in [-0.2, -0.15) is 5.10 Å². The molecule has 0 aliphatic rings. The molecule has 0 bridgehead atoms. The monoisotopic (exact) mass is 269 g/mol. The first-order valence-electron chi connectivity index (χ1n) is 6.98. The van der Waals surface area contributed by atoms with Gasteiger partial charge in [0.15, 0.2) is 0 Å². The smallest absolute Gasteiger partial charge is 0.0667 e. The molecule has 1 unspecified atom stereocenters. The fourth-order valence-corrected chi connectivity index (χ4v) is 2.29. The average molecular weight is 269 g/mol. The summed E-state index contributed by atoms with van der Waals surface area (Å²) in [7, 11) is 0. The van der Waals surface area contributed by atoms with Gasteiger partial charge in [-0.05, 0) is 26.2 Å². The van der Waals surface area contributed by atoms with Crippen LogP contribution < -0.4 is 5.32 Å². The summed E-state index contributed by atoms with van der Waals surface area (Å²) >= 11 is 0. The Morgan fingerprint density at radius 3 is 2.58 bits per heavy atom. The Labute approximate surface area is 115 Å². The van der Waals surface area contributed by atoms with Gasteiger partial charge in [-0.1, -0.05) is 13.8 Å². The molecule has 1 aromatic rings. The Kier molecular flexibility index (Phi) is 6.48. The minimum absolute atomic E-state index is 0.0991. The molecule has 110 valence electrons. The number of aryl methyl sites for hydroxylation is 1. The van der Waals surface area contributed by atoms with Crippen LogP contribution in [0.4, 0.5) is 0 Å². The lowest BCUT2D eigenvalue weighted by atomic mass is 10.1. The fraction of sp³-hybridized carbons (Fsp3) is 0.786. The van der Waals surface area contributed by atoms with E-state index in [9.17, 15) is 5.11 Å². The molecule has 0 amide bonds. The van der Waals surface area contributed by atoms with Crippen LogP contribution in [0, 0.1) is 19.8 Å². The summed E-state index contributed by atoms with van der Waals surface area (Å²) in [5.41, 5.74) is 3.22. The van der Waals surface area contributed by atoms with Crippen LogP contribution in [0.25, 0.3) is 0 Å². The number of aliphatic hydroxyl groups excluding tert-OH is 2. The van der Waals surface area contributed by atoms with Crippen molar-refractivity contribution >= 4 is 0 Å². The molecule has 0 aliphatic carbocycles. The van der Waals surface area contributed by atoms with E-state index >= 15 is 0 Å². The summed E-state index contributed by atoms with van der Waals surface area (Å²) in [6.45, 7) is 10.1. The van der Waals surface area contributed by atoms with Crippen molar-refractivity contribution in [2.75, 3.05) is 13.2 Å². The SMILES string of the molecule is Cc1nn(CCO)c(C)c1CNCC(O)CC(C)C. The van der Waals surface area contributed by atoms with Crippen molar-refractivity contribution in [3.8, 4) is 0 Å². The maximum Gasteiger partial charge on any atom is 0.0667 e. The van der Waals surface area contributed by atoms with E-state index in [-0.39, 0.29) is 12.7 Å². The van der Waals surface area contributed by atoms with Crippen molar-refractivity contribution in [2.24, 2.45) is 5.92 Å². The van der Waals surface area contributed by atoms with Crippen LogP contribution in [0.2, 0.25) is 0 Å². The summed E-state index contributed by atoms with van der Waals surface area (Å²) in [5.74, 6) is 0.507. The summed E-state index contributed by atoms with van der Waals surface area (Å²) in [6, 6.07) is 0. The van der Waals surface area contributed by atoms with Crippen molar-refractivity contribution < 1.29 is 10.2 Å². The minimum Gasteiger partial charge on any atom is -0.394 e. The van der Waals surface area contributed by atoms with Crippen LogP contribution in [0.5, 0.6) is 0 Å². The highest BCUT2D eigenvalue weighted by atomic mass is 16.3. The average Bonchev–Trinajstić information content (AvgIpc) is 2.56. The lowest BCUT2D eigenvalue weighted by molar-refractivity contribution is 0.146. The highest BCUT2D eigenvalue weighted by Gasteiger charge is 2.12. The predicted octanol–water partition coefficient (Wildman–Crippen LogP) is 0.989. The molecular weight excluding hydrogens is 242 g/mol. The van der Waals surface area contributed by atoms with Crippen molar-refractivity contribution in [1.82, 2.24) is 15.1 Å². The Morgan fingerprint density at radius 1 is 1.32 bits per heavy atom. The van der Waals surface area contributed by atoms with Gasteiger partial charge in [0.2, 0.25) is 0 Å². The first-order valence-corrected chi connectivity index (χ1v) is 6.98. The highest BCUT2D eigenvalue weighted by Crippen LogP contribution is 2.12. The van der Waals surface area contributed by atoms with Crippen molar-refractivity contribution in [3.05, 3.63) is 17.0 Å². The van der Waals surface area contributed by atoms with E-state index in [0.29, 0.717) is 25.6 Å². The zero-order valence-electron chi connectivity index (χ0n) is 12.5. The first-order chi connectivity index (χ1) is 8.95. The van der Waals surface area contributed by atoms with E-state index in [1.54, 1.807) is 0 Å². The quantitative estimate of drug-likeness (QED) is 0.658. The van der Waals surface area contributed by atoms with Gasteiger partial charge < -0.3 is 15.5 Å². The second-order valence-corrected chi connectivity index (χ2v) is 5.51. The third-order valence-corrected chi connectivity index (χ3v) is 3.27. The van der Waals surface area contributed by atoms with Crippen LogP contribution in [-0.4, -0.2) is 39.2 Å². The fourth-order valence-electron chi connectivity index (χ4n) is 2.29. The van der Waals surface area contributed by atoms with E-state index in [1.165, 1.54) is 0 Å². The molecule has 0 saturated heterocycles. The van der Waals surface area contributed by atoms with E-state index in [0.717, 1.165) is 23.4 Å². The number of nitrogens with one attached hydrogen (secondary N) is 1. The summed E-state index contributed by atoms with van der Waals surface area (Å²) in [4.78, 5) is 0. The van der Waals surface area contributed by atoms with Gasteiger partial charge in [-0.25, -0.2) is 0 Å². The predicted molar refractivity (Wildman–Crippen MR) is 76.0 cm³/mol. The zero-order valence-corrected chi connectivity index (χ0v) is 12.5. The lowest BCUT2D eigenvalue weighted by Gasteiger charge is -2.14. The van der Waals surface area contributed by atoms with E-state index < -0.39 is 0 Å². The first kappa shape index (κ1) is 16.1. The molecule has 1 rings (SSSR count). The maximum atomic E-state index is 9.81. The molecule has 5 heteroatoms. The van der Waals surface area contributed by atoms with Crippen molar-refractivity contribution in [2.45, 2.75) is 53.3 Å². The van der Waals surface area contributed by atoms with Crippen molar-refractivity contribution in [1.29, 1.82) is 0 Å². The number of aliphatic hydroxyl groups is 2. The zero-order chi connectivity index (χ0) is 14.4. The van der Waals surface area contributed by atoms with Gasteiger partial charge in [0.1, 0.15) is 0 Å². The van der Waals surface area contributed by atoms with Gasteiger partial charge >= 0.3 is 0 Å². The Morgan fingerprint density at radius 2 is 2.00 bits per heavy atom. The van der Waals surface area contributed by atoms with Gasteiger partial charge in [-0.3, -0.25) is 4.68 Å². The van der Waals surface area contributed by atoms with Gasteiger partial charge in [0, 0.05) is 24.3 Å². The molecule has 0 fully saturated rings. The van der Waals surface area contributed by atoms with Crippen LogP contribution >= 0.6 is 0 Å². The maximum absolute atomic E-state index is 9.81. The molecule has 0 spiro atoms. The number of hydrogen-bond donors (Lipinski definition) is 3. The Hall–Kier alpha value is -0.910. The van der Waals surface area contributed by atoms with Gasteiger partial charge in [-0.15, -0.1) is 0 Å². The topological polar surface area (TPSA) is 70.3 Å². The molecule has 5 nitrogen and oxygen atoms in total. The third kappa shape index (κ3) is 4.93. The summed E-state index contributed by atoms with van der Waals surface area (Å²) < 4.78 is 1.83.